The Morgan fingerprint density at radius 2 is 1.81 bits per heavy atom. The van der Waals surface area contributed by atoms with Gasteiger partial charge in [-0.05, 0) is 25.3 Å². The van der Waals surface area contributed by atoms with E-state index in [1.54, 1.807) is 35.2 Å². The number of ether oxygens (including phenoxy) is 1. The van der Waals surface area contributed by atoms with Gasteiger partial charge in [-0.3, -0.25) is 14.9 Å². The molecule has 1 unspecified atom stereocenters. The fourth-order valence-electron chi connectivity index (χ4n) is 3.03. The van der Waals surface area contributed by atoms with Gasteiger partial charge in [-0.25, -0.2) is 4.39 Å². The average Bonchev–Trinajstić information content (AvgIpc) is 2.67. The molecule has 26 heavy (non-hydrogen) atoms. The van der Waals surface area contributed by atoms with Crippen molar-refractivity contribution in [1.29, 1.82) is 0 Å². The summed E-state index contributed by atoms with van der Waals surface area (Å²) >= 11 is 0. The first kappa shape index (κ1) is 17.8. The van der Waals surface area contributed by atoms with Crippen molar-refractivity contribution >= 4 is 11.6 Å². The molecule has 3 rings (SSSR count). The Morgan fingerprint density at radius 3 is 2.46 bits per heavy atom. The molecule has 0 radical (unpaired) electrons. The van der Waals surface area contributed by atoms with Crippen LogP contribution in [0.15, 0.2) is 48.5 Å². The second kappa shape index (κ2) is 7.95. The van der Waals surface area contributed by atoms with Crippen LogP contribution in [0.5, 0.6) is 5.75 Å². The van der Waals surface area contributed by atoms with E-state index < -0.39 is 16.8 Å². The zero-order chi connectivity index (χ0) is 18.5. The monoisotopic (exact) mass is 358 g/mol. The Morgan fingerprint density at radius 1 is 1.12 bits per heavy atom. The van der Waals surface area contributed by atoms with Crippen molar-refractivity contribution in [1.82, 2.24) is 4.90 Å². The molecule has 136 valence electrons. The number of hydrogen-bond acceptors (Lipinski definition) is 4. The summed E-state index contributed by atoms with van der Waals surface area (Å²) in [7, 11) is 0. The van der Waals surface area contributed by atoms with Crippen LogP contribution in [0.4, 0.5) is 10.1 Å². The number of carbonyl (C=O) groups excluding carboxylic acids is 1. The van der Waals surface area contributed by atoms with Crippen LogP contribution >= 0.6 is 0 Å². The van der Waals surface area contributed by atoms with E-state index in [2.05, 4.69) is 0 Å². The van der Waals surface area contributed by atoms with E-state index >= 15 is 0 Å². The maximum Gasteiger partial charge on any atom is 0.311 e. The second-order valence-corrected chi connectivity index (χ2v) is 6.16. The van der Waals surface area contributed by atoms with E-state index in [4.69, 9.17) is 4.74 Å². The average molecular weight is 358 g/mol. The number of amides is 1. The van der Waals surface area contributed by atoms with Crippen molar-refractivity contribution in [2.45, 2.75) is 25.4 Å². The highest BCUT2D eigenvalue weighted by Crippen LogP contribution is 2.33. The lowest BCUT2D eigenvalue weighted by atomic mass is 10.1. The lowest BCUT2D eigenvalue weighted by Crippen LogP contribution is -2.40. The van der Waals surface area contributed by atoms with Crippen LogP contribution in [0.25, 0.3) is 0 Å². The van der Waals surface area contributed by atoms with E-state index in [1.807, 2.05) is 0 Å². The molecule has 0 N–H and O–H groups in total. The normalized spacial score (nSPS) is 15.3. The van der Waals surface area contributed by atoms with Crippen molar-refractivity contribution in [2.24, 2.45) is 0 Å². The first-order chi connectivity index (χ1) is 12.6. The quantitative estimate of drug-likeness (QED) is 0.601. The fourth-order valence-corrected chi connectivity index (χ4v) is 3.03. The third kappa shape index (κ3) is 3.99. The van der Waals surface area contributed by atoms with Crippen molar-refractivity contribution in [3.8, 4) is 5.75 Å². The number of rotatable bonds is 5. The van der Waals surface area contributed by atoms with Crippen LogP contribution in [0, 0.1) is 15.9 Å². The van der Waals surface area contributed by atoms with Gasteiger partial charge in [0.05, 0.1) is 4.92 Å². The molecule has 1 fully saturated rings. The van der Waals surface area contributed by atoms with Crippen molar-refractivity contribution in [2.75, 3.05) is 13.1 Å². The van der Waals surface area contributed by atoms with Gasteiger partial charge in [0.2, 0.25) is 11.9 Å². The summed E-state index contributed by atoms with van der Waals surface area (Å²) in [6, 6.07) is 11.7. The van der Waals surface area contributed by atoms with E-state index in [-0.39, 0.29) is 17.3 Å². The number of likely N-dealkylation sites (tertiary alicyclic amines) is 1. The second-order valence-electron chi connectivity index (χ2n) is 6.16. The predicted molar refractivity (Wildman–Crippen MR) is 93.3 cm³/mol. The van der Waals surface area contributed by atoms with Gasteiger partial charge in [-0.15, -0.1) is 0 Å². The molecular formula is C19H19FN2O4. The molecule has 2 aromatic carbocycles. The highest BCUT2D eigenvalue weighted by molar-refractivity contribution is 5.83. The number of carbonyl (C=O) groups is 1. The summed E-state index contributed by atoms with van der Waals surface area (Å²) in [5.74, 6) is -1.19. The molecular weight excluding hydrogens is 339 g/mol. The van der Waals surface area contributed by atoms with Crippen LogP contribution in [0.1, 0.15) is 30.9 Å². The van der Waals surface area contributed by atoms with Gasteiger partial charge in [0.25, 0.3) is 5.91 Å². The van der Waals surface area contributed by atoms with Gasteiger partial charge in [0.1, 0.15) is 5.82 Å². The van der Waals surface area contributed by atoms with Crippen LogP contribution < -0.4 is 4.74 Å². The van der Waals surface area contributed by atoms with Crippen LogP contribution in [0.3, 0.4) is 0 Å². The number of nitrogens with zero attached hydrogens (tertiary/aromatic N) is 2. The molecule has 0 spiro atoms. The third-order valence-corrected chi connectivity index (χ3v) is 4.36. The van der Waals surface area contributed by atoms with Gasteiger partial charge in [0.15, 0.2) is 0 Å². The summed E-state index contributed by atoms with van der Waals surface area (Å²) in [5.41, 5.74) is 0.195. The number of hydrogen-bond donors (Lipinski definition) is 0. The van der Waals surface area contributed by atoms with E-state index in [1.165, 1.54) is 0 Å². The zero-order valence-electron chi connectivity index (χ0n) is 14.1. The van der Waals surface area contributed by atoms with Crippen molar-refractivity contribution in [3.05, 3.63) is 70.0 Å². The molecule has 1 amide bonds. The standard InChI is InChI=1S/C19H19FN2O4/c20-15-9-10-16(22(24)25)17(13-15)26-18(14-7-3-1-4-8-14)19(23)21-11-5-2-6-12-21/h1,3-4,7-10,13,18H,2,5-6,11-12H2. The number of nitro benzene ring substituents is 1. The maximum atomic E-state index is 13.6. The van der Waals surface area contributed by atoms with Crippen LogP contribution in [-0.4, -0.2) is 28.8 Å². The van der Waals surface area contributed by atoms with Crippen LogP contribution in [0.2, 0.25) is 0 Å². The molecule has 1 heterocycles. The molecule has 1 aliphatic rings. The summed E-state index contributed by atoms with van der Waals surface area (Å²) < 4.78 is 19.3. The van der Waals surface area contributed by atoms with Crippen molar-refractivity contribution < 1.29 is 18.8 Å². The van der Waals surface area contributed by atoms with Gasteiger partial charge < -0.3 is 9.64 Å². The minimum Gasteiger partial charge on any atom is -0.468 e. The minimum absolute atomic E-state index is 0.255. The van der Waals surface area contributed by atoms with Gasteiger partial charge in [-0.2, -0.15) is 0 Å². The lowest BCUT2D eigenvalue weighted by Gasteiger charge is -2.30. The van der Waals surface area contributed by atoms with Crippen molar-refractivity contribution in [3.63, 3.8) is 0 Å². The minimum atomic E-state index is -1.06. The predicted octanol–water partition coefficient (Wildman–Crippen LogP) is 3.87. The molecule has 1 aliphatic heterocycles. The first-order valence-electron chi connectivity index (χ1n) is 8.50. The third-order valence-electron chi connectivity index (χ3n) is 4.36. The molecule has 7 heteroatoms. The maximum absolute atomic E-state index is 13.6. The molecule has 0 aliphatic carbocycles. The fraction of sp³-hybridized carbons (Fsp3) is 0.316. The number of halogens is 1. The highest BCUT2D eigenvalue weighted by Gasteiger charge is 2.31. The molecule has 6 nitrogen and oxygen atoms in total. The Bertz CT molecular complexity index is 791. The first-order valence-corrected chi connectivity index (χ1v) is 8.50. The number of benzene rings is 2. The molecule has 2 aromatic rings. The smallest absolute Gasteiger partial charge is 0.311 e. The van der Waals surface area contributed by atoms with E-state index in [9.17, 15) is 19.3 Å². The summed E-state index contributed by atoms with van der Waals surface area (Å²) in [5, 5.41) is 11.2. The largest absolute Gasteiger partial charge is 0.468 e. The van der Waals surface area contributed by atoms with Gasteiger partial charge in [0, 0.05) is 30.8 Å². The highest BCUT2D eigenvalue weighted by atomic mass is 19.1. The summed E-state index contributed by atoms with van der Waals surface area (Å²) in [6.07, 6.45) is 1.83. The number of nitro groups is 1. The van der Waals surface area contributed by atoms with E-state index in [0.717, 1.165) is 37.5 Å². The Kier molecular flexibility index (Phi) is 5.46. The Hall–Kier alpha value is -2.96. The molecule has 1 saturated heterocycles. The summed E-state index contributed by atoms with van der Waals surface area (Å²) in [4.78, 5) is 25.3. The lowest BCUT2D eigenvalue weighted by molar-refractivity contribution is -0.386. The molecule has 0 saturated carbocycles. The van der Waals surface area contributed by atoms with E-state index in [0.29, 0.717) is 18.7 Å². The SMILES string of the molecule is O=C(C(Oc1cc(F)ccc1[N+](=O)[O-])c1ccccc1)N1CCCCC1. The number of piperidine rings is 1. The summed E-state index contributed by atoms with van der Waals surface area (Å²) in [6.45, 7) is 1.24. The molecule has 0 aromatic heterocycles. The molecule has 0 bridgehead atoms. The van der Waals surface area contributed by atoms with Gasteiger partial charge >= 0.3 is 5.69 Å². The topological polar surface area (TPSA) is 72.7 Å². The van der Waals surface area contributed by atoms with Gasteiger partial charge in [-0.1, -0.05) is 30.3 Å². The molecule has 1 atom stereocenters. The Labute approximate surface area is 150 Å². The zero-order valence-corrected chi connectivity index (χ0v) is 14.1. The van der Waals surface area contributed by atoms with Crippen LogP contribution in [-0.2, 0) is 4.79 Å². The Balaban J connectivity index is 1.95.